The molecular formula is C19H27N3O4S3. The van der Waals surface area contributed by atoms with Crippen LogP contribution in [0.5, 0.6) is 0 Å². The first-order chi connectivity index (χ1) is 13.6. The molecule has 1 aliphatic rings. The van der Waals surface area contributed by atoms with Crippen LogP contribution in [-0.2, 0) is 21.2 Å². The first-order valence-corrected chi connectivity index (χ1v) is 13.3. The largest absolute Gasteiger partial charge is 0.338 e. The van der Waals surface area contributed by atoms with Crippen molar-refractivity contribution in [1.82, 2.24) is 14.5 Å². The van der Waals surface area contributed by atoms with Crippen molar-refractivity contribution in [2.24, 2.45) is 0 Å². The number of carbonyl (C=O) groups excluding carboxylic acids is 1. The predicted octanol–water partition coefficient (Wildman–Crippen LogP) is 2.61. The lowest BCUT2D eigenvalue weighted by atomic mass is 10.2. The molecular weight excluding hydrogens is 430 g/mol. The number of thiophene rings is 1. The van der Waals surface area contributed by atoms with Crippen LogP contribution in [0.3, 0.4) is 0 Å². The van der Waals surface area contributed by atoms with Crippen LogP contribution in [0.1, 0.15) is 37.6 Å². The van der Waals surface area contributed by atoms with Crippen molar-refractivity contribution in [3.63, 3.8) is 0 Å². The molecule has 0 aliphatic carbocycles. The van der Waals surface area contributed by atoms with Crippen molar-refractivity contribution in [2.45, 2.75) is 64.0 Å². The number of nitrogens with zero attached hydrogens (tertiary/aromatic N) is 3. The van der Waals surface area contributed by atoms with E-state index < -0.39 is 15.1 Å². The number of sulfone groups is 1. The molecule has 3 rings (SSSR count). The fraction of sp³-hybridized carbons (Fsp3) is 0.632. The van der Waals surface area contributed by atoms with E-state index in [2.05, 4.69) is 0 Å². The molecule has 29 heavy (non-hydrogen) atoms. The molecule has 10 heteroatoms. The van der Waals surface area contributed by atoms with E-state index in [4.69, 9.17) is 4.98 Å². The molecule has 1 fully saturated rings. The number of fused-ring (bicyclic) bond motifs is 1. The number of rotatable bonds is 6. The number of amides is 1. The monoisotopic (exact) mass is 457 g/mol. The lowest BCUT2D eigenvalue weighted by Gasteiger charge is -2.29. The van der Waals surface area contributed by atoms with E-state index in [1.807, 2.05) is 27.7 Å². The highest BCUT2D eigenvalue weighted by molar-refractivity contribution is 8.00. The van der Waals surface area contributed by atoms with E-state index in [1.165, 1.54) is 23.1 Å². The maximum absolute atomic E-state index is 13.1. The Balaban J connectivity index is 1.89. The average molecular weight is 458 g/mol. The zero-order chi connectivity index (χ0) is 21.5. The third-order valence-corrected chi connectivity index (χ3v) is 9.40. The molecule has 160 valence electrons. The maximum atomic E-state index is 13.1. The Morgan fingerprint density at radius 1 is 1.38 bits per heavy atom. The molecule has 1 amide bonds. The van der Waals surface area contributed by atoms with Gasteiger partial charge in [0, 0.05) is 24.0 Å². The Kier molecular flexibility index (Phi) is 6.45. The van der Waals surface area contributed by atoms with Crippen molar-refractivity contribution in [2.75, 3.05) is 18.1 Å². The summed E-state index contributed by atoms with van der Waals surface area (Å²) >= 11 is 2.76. The Morgan fingerprint density at radius 2 is 2.07 bits per heavy atom. The second-order valence-corrected chi connectivity index (χ2v) is 12.1. The molecule has 3 heterocycles. The van der Waals surface area contributed by atoms with E-state index in [1.54, 1.807) is 16.4 Å². The van der Waals surface area contributed by atoms with Crippen LogP contribution in [0.15, 0.2) is 9.95 Å². The average Bonchev–Trinajstić information content (AvgIpc) is 3.14. The van der Waals surface area contributed by atoms with Gasteiger partial charge in [-0.05, 0) is 46.6 Å². The van der Waals surface area contributed by atoms with Gasteiger partial charge in [-0.25, -0.2) is 13.4 Å². The van der Waals surface area contributed by atoms with E-state index >= 15 is 0 Å². The summed E-state index contributed by atoms with van der Waals surface area (Å²) in [5, 5.41) is 0.716. The summed E-state index contributed by atoms with van der Waals surface area (Å²) in [4.78, 5) is 34.2. The summed E-state index contributed by atoms with van der Waals surface area (Å²) in [7, 11) is -3.07. The van der Waals surface area contributed by atoms with Crippen LogP contribution in [0, 0.1) is 13.8 Å². The highest BCUT2D eigenvalue weighted by atomic mass is 32.2. The normalized spacial score (nSPS) is 19.6. The number of aromatic nitrogens is 2. The van der Waals surface area contributed by atoms with Crippen molar-refractivity contribution in [3.05, 3.63) is 20.8 Å². The zero-order valence-corrected chi connectivity index (χ0v) is 19.8. The van der Waals surface area contributed by atoms with Gasteiger partial charge in [-0.1, -0.05) is 11.8 Å². The molecule has 0 N–H and O–H groups in total. The fourth-order valence-corrected chi connectivity index (χ4v) is 7.58. The molecule has 2 aromatic rings. The van der Waals surface area contributed by atoms with Gasteiger partial charge in [0.2, 0.25) is 5.91 Å². The molecule has 1 saturated heterocycles. The zero-order valence-electron chi connectivity index (χ0n) is 17.4. The summed E-state index contributed by atoms with van der Waals surface area (Å²) in [5.74, 6) is 0.0463. The van der Waals surface area contributed by atoms with Crippen LogP contribution < -0.4 is 5.56 Å². The van der Waals surface area contributed by atoms with Gasteiger partial charge in [0.15, 0.2) is 15.0 Å². The van der Waals surface area contributed by atoms with Gasteiger partial charge in [-0.2, -0.15) is 0 Å². The summed E-state index contributed by atoms with van der Waals surface area (Å²) in [6.07, 6.45) is 0.483. The molecule has 7 nitrogen and oxygen atoms in total. The van der Waals surface area contributed by atoms with Crippen LogP contribution in [-0.4, -0.2) is 58.1 Å². The summed E-state index contributed by atoms with van der Waals surface area (Å²) < 4.78 is 25.3. The Hall–Kier alpha value is -1.39. The van der Waals surface area contributed by atoms with Crippen LogP contribution in [0.4, 0.5) is 0 Å². The smallest absolute Gasteiger partial charge is 0.263 e. The Labute approximate surface area is 179 Å². The van der Waals surface area contributed by atoms with Crippen molar-refractivity contribution < 1.29 is 13.2 Å². The molecule has 0 saturated carbocycles. The molecule has 2 atom stereocenters. The number of carbonyl (C=O) groups is 1. The molecule has 2 aromatic heterocycles. The highest BCUT2D eigenvalue weighted by Crippen LogP contribution is 2.30. The first kappa shape index (κ1) is 22.3. The SMILES string of the molecule is CCN(C(=O)[C@@H](C)Sc1nc2sc(C)c(C)c2c(=O)n1CC)[C@H]1CCS(=O)(=O)C1. The number of thioether (sulfide) groups is 1. The van der Waals surface area contributed by atoms with Crippen molar-refractivity contribution in [1.29, 1.82) is 0 Å². The summed E-state index contributed by atoms with van der Waals surface area (Å²) in [6, 6.07) is -0.271. The summed E-state index contributed by atoms with van der Waals surface area (Å²) in [5.41, 5.74) is 0.890. The van der Waals surface area contributed by atoms with E-state index in [-0.39, 0.29) is 29.0 Å². The molecule has 0 aromatic carbocycles. The van der Waals surface area contributed by atoms with Crippen molar-refractivity contribution >= 4 is 49.1 Å². The lowest BCUT2D eigenvalue weighted by molar-refractivity contribution is -0.131. The van der Waals surface area contributed by atoms with E-state index in [0.29, 0.717) is 34.9 Å². The lowest BCUT2D eigenvalue weighted by Crippen LogP contribution is -2.44. The van der Waals surface area contributed by atoms with Gasteiger partial charge in [-0.3, -0.25) is 14.2 Å². The molecule has 0 bridgehead atoms. The minimum absolute atomic E-state index is 0.0294. The summed E-state index contributed by atoms with van der Waals surface area (Å²) in [6.45, 7) is 10.4. The molecule has 0 spiro atoms. The molecule has 0 unspecified atom stereocenters. The topological polar surface area (TPSA) is 89.3 Å². The molecule has 1 aliphatic heterocycles. The van der Waals surface area contributed by atoms with Crippen LogP contribution in [0.2, 0.25) is 0 Å². The van der Waals surface area contributed by atoms with Crippen LogP contribution in [0.25, 0.3) is 10.2 Å². The maximum Gasteiger partial charge on any atom is 0.263 e. The number of hydrogen-bond donors (Lipinski definition) is 0. The fourth-order valence-electron chi connectivity index (χ4n) is 3.73. The Morgan fingerprint density at radius 3 is 2.62 bits per heavy atom. The second-order valence-electron chi connectivity index (χ2n) is 7.35. The predicted molar refractivity (Wildman–Crippen MR) is 119 cm³/mol. The van der Waals surface area contributed by atoms with Crippen LogP contribution >= 0.6 is 23.1 Å². The van der Waals surface area contributed by atoms with E-state index in [9.17, 15) is 18.0 Å². The quantitative estimate of drug-likeness (QED) is 0.489. The Bertz CT molecular complexity index is 1100. The third-order valence-electron chi connectivity index (χ3n) is 5.47. The van der Waals surface area contributed by atoms with Gasteiger partial charge in [0.05, 0.1) is 22.1 Å². The third kappa shape index (κ3) is 4.25. The number of aryl methyl sites for hydroxylation is 2. The minimum atomic E-state index is -3.07. The van der Waals surface area contributed by atoms with Gasteiger partial charge in [0.1, 0.15) is 4.83 Å². The number of hydrogen-bond acceptors (Lipinski definition) is 7. The van der Waals surface area contributed by atoms with Gasteiger partial charge >= 0.3 is 0 Å². The highest BCUT2D eigenvalue weighted by Gasteiger charge is 2.35. The van der Waals surface area contributed by atoms with Gasteiger partial charge in [0.25, 0.3) is 5.56 Å². The standard InChI is InChI=1S/C19H27N3O4S3/c1-6-21(14-8-9-29(25,26)10-14)17(23)13(5)28-19-20-16-15(11(3)12(4)27-16)18(24)22(19)7-2/h13-14H,6-10H2,1-5H3/t13-,14+/m1/s1. The molecule has 0 radical (unpaired) electrons. The van der Waals surface area contributed by atoms with Gasteiger partial charge < -0.3 is 4.90 Å². The van der Waals surface area contributed by atoms with Gasteiger partial charge in [-0.15, -0.1) is 11.3 Å². The minimum Gasteiger partial charge on any atom is -0.338 e. The second kappa shape index (κ2) is 8.39. The van der Waals surface area contributed by atoms with E-state index in [0.717, 1.165) is 10.4 Å². The van der Waals surface area contributed by atoms with Crippen molar-refractivity contribution in [3.8, 4) is 0 Å². The first-order valence-electron chi connectivity index (χ1n) is 9.77.